The minimum atomic E-state index is 0.0660. The average Bonchev–Trinajstić information content (AvgIpc) is 2.86. The van der Waals surface area contributed by atoms with Gasteiger partial charge in [0.2, 0.25) is 0 Å². The highest BCUT2D eigenvalue weighted by molar-refractivity contribution is 7.10. The van der Waals surface area contributed by atoms with Gasteiger partial charge in [0.1, 0.15) is 5.75 Å². The number of benzene rings is 1. The van der Waals surface area contributed by atoms with Crippen LogP contribution in [0.4, 0.5) is 0 Å². The van der Waals surface area contributed by atoms with E-state index >= 15 is 0 Å². The van der Waals surface area contributed by atoms with Crippen LogP contribution in [0, 0.1) is 6.92 Å². The number of hydrogen-bond donors (Lipinski definition) is 1. The Bertz CT molecular complexity index is 434. The topological polar surface area (TPSA) is 29.5 Å². The van der Waals surface area contributed by atoms with Gasteiger partial charge in [-0.05, 0) is 30.5 Å². The molecule has 1 aromatic heterocycles. The summed E-state index contributed by atoms with van der Waals surface area (Å²) in [6.45, 7) is 2.68. The highest BCUT2D eigenvalue weighted by Crippen LogP contribution is 2.22. The van der Waals surface area contributed by atoms with Crippen molar-refractivity contribution in [3.63, 3.8) is 0 Å². The molecule has 0 saturated carbocycles. The molecule has 1 atom stereocenters. The van der Waals surface area contributed by atoms with Crippen molar-refractivity contribution in [3.8, 4) is 5.75 Å². The third-order valence-electron chi connectivity index (χ3n) is 2.64. The molecule has 0 amide bonds. The molecule has 1 N–H and O–H groups in total. The van der Waals surface area contributed by atoms with Crippen molar-refractivity contribution < 1.29 is 9.84 Å². The Balaban J connectivity index is 1.94. The number of aryl methyl sites for hydroxylation is 1. The monoisotopic (exact) mass is 248 g/mol. The molecule has 2 rings (SSSR count). The van der Waals surface area contributed by atoms with Crippen molar-refractivity contribution in [3.05, 3.63) is 52.2 Å². The van der Waals surface area contributed by atoms with Gasteiger partial charge in [-0.2, -0.15) is 0 Å². The van der Waals surface area contributed by atoms with Crippen molar-refractivity contribution in [1.29, 1.82) is 0 Å². The number of ether oxygens (including phenoxy) is 1. The fraction of sp³-hybridized carbons (Fsp3) is 0.286. The molecule has 2 nitrogen and oxygen atoms in total. The maximum Gasteiger partial charge on any atom is 0.119 e. The minimum absolute atomic E-state index is 0.0660. The Hall–Kier alpha value is -1.32. The summed E-state index contributed by atoms with van der Waals surface area (Å²) in [7, 11) is 0. The number of rotatable bonds is 5. The van der Waals surface area contributed by atoms with E-state index in [9.17, 15) is 5.11 Å². The van der Waals surface area contributed by atoms with E-state index in [0.29, 0.717) is 6.61 Å². The lowest BCUT2D eigenvalue weighted by Gasteiger charge is -2.13. The van der Waals surface area contributed by atoms with Crippen LogP contribution in [0.25, 0.3) is 0 Å². The molecular weight excluding hydrogens is 232 g/mol. The summed E-state index contributed by atoms with van der Waals surface area (Å²) in [4.78, 5) is 1.17. The molecule has 0 aliphatic carbocycles. The van der Waals surface area contributed by atoms with Gasteiger partial charge in [0.05, 0.1) is 19.1 Å². The predicted octanol–water partition coefficient (Wildman–Crippen LogP) is 3.21. The highest BCUT2D eigenvalue weighted by Gasteiger charge is 2.12. The van der Waals surface area contributed by atoms with Crippen molar-refractivity contribution in [2.24, 2.45) is 0 Å². The first-order chi connectivity index (χ1) is 8.29. The van der Waals surface area contributed by atoms with E-state index < -0.39 is 0 Å². The maximum absolute atomic E-state index is 9.35. The van der Waals surface area contributed by atoms with Crippen LogP contribution in [0.15, 0.2) is 41.8 Å². The first-order valence-corrected chi connectivity index (χ1v) is 6.51. The normalized spacial score (nSPS) is 12.4. The van der Waals surface area contributed by atoms with Crippen molar-refractivity contribution >= 4 is 11.3 Å². The second kappa shape index (κ2) is 5.84. The van der Waals surface area contributed by atoms with Gasteiger partial charge in [-0.25, -0.2) is 0 Å². The molecule has 0 spiro atoms. The van der Waals surface area contributed by atoms with Gasteiger partial charge in [-0.3, -0.25) is 0 Å². The molecular formula is C14H16O2S. The van der Waals surface area contributed by atoms with Gasteiger partial charge in [0, 0.05) is 4.88 Å². The highest BCUT2D eigenvalue weighted by atomic mass is 32.1. The summed E-state index contributed by atoms with van der Waals surface area (Å²) < 4.78 is 5.68. The summed E-state index contributed by atoms with van der Waals surface area (Å²) >= 11 is 1.65. The zero-order valence-electron chi connectivity index (χ0n) is 9.80. The molecule has 0 aliphatic rings. The lowest BCUT2D eigenvalue weighted by Crippen LogP contribution is -2.12. The van der Waals surface area contributed by atoms with Crippen LogP contribution in [-0.2, 0) is 0 Å². The standard InChI is InChI=1S/C14H16O2S/c1-11-4-6-13(7-5-11)16-10-12(9-15)14-3-2-8-17-14/h2-8,12,15H,9-10H2,1H3. The summed E-state index contributed by atoms with van der Waals surface area (Å²) in [6, 6.07) is 12.0. The van der Waals surface area contributed by atoms with Crippen molar-refractivity contribution in [2.45, 2.75) is 12.8 Å². The second-order valence-corrected chi connectivity index (χ2v) is 5.00. The van der Waals surface area contributed by atoms with Crippen LogP contribution < -0.4 is 4.74 Å². The molecule has 0 saturated heterocycles. The molecule has 0 fully saturated rings. The van der Waals surface area contributed by atoms with E-state index in [2.05, 4.69) is 0 Å². The number of hydrogen-bond acceptors (Lipinski definition) is 3. The van der Waals surface area contributed by atoms with Crippen molar-refractivity contribution in [1.82, 2.24) is 0 Å². The van der Waals surface area contributed by atoms with Crippen molar-refractivity contribution in [2.75, 3.05) is 13.2 Å². The summed E-state index contributed by atoms with van der Waals surface area (Å²) in [6.07, 6.45) is 0. The Morgan fingerprint density at radius 1 is 1.24 bits per heavy atom. The quantitative estimate of drug-likeness (QED) is 0.880. The van der Waals surface area contributed by atoms with Gasteiger partial charge < -0.3 is 9.84 Å². The third-order valence-corrected chi connectivity index (χ3v) is 3.67. The fourth-order valence-corrected chi connectivity index (χ4v) is 2.39. The fourth-order valence-electron chi connectivity index (χ4n) is 1.58. The molecule has 0 radical (unpaired) electrons. The number of aliphatic hydroxyl groups excluding tert-OH is 1. The van der Waals surface area contributed by atoms with E-state index in [-0.39, 0.29) is 12.5 Å². The smallest absolute Gasteiger partial charge is 0.119 e. The number of aliphatic hydroxyl groups is 1. The molecule has 1 unspecified atom stereocenters. The van der Waals surface area contributed by atoms with Crippen LogP contribution in [0.3, 0.4) is 0 Å². The first-order valence-electron chi connectivity index (χ1n) is 5.63. The van der Waals surface area contributed by atoms with Gasteiger partial charge in [-0.15, -0.1) is 11.3 Å². The maximum atomic E-state index is 9.35. The third kappa shape index (κ3) is 3.32. The summed E-state index contributed by atoms with van der Waals surface area (Å²) in [5.74, 6) is 0.918. The molecule has 17 heavy (non-hydrogen) atoms. The molecule has 3 heteroatoms. The van der Waals surface area contributed by atoms with E-state index in [1.807, 2.05) is 48.7 Å². The van der Waals surface area contributed by atoms with E-state index in [0.717, 1.165) is 5.75 Å². The van der Waals surface area contributed by atoms with Crippen LogP contribution >= 0.6 is 11.3 Å². The van der Waals surface area contributed by atoms with Gasteiger partial charge in [0.25, 0.3) is 0 Å². The van der Waals surface area contributed by atoms with Crippen LogP contribution in [0.1, 0.15) is 16.4 Å². The second-order valence-electron chi connectivity index (χ2n) is 4.02. The Kier molecular flexibility index (Phi) is 4.18. The van der Waals surface area contributed by atoms with Crippen LogP contribution in [-0.4, -0.2) is 18.3 Å². The summed E-state index contributed by atoms with van der Waals surface area (Å²) in [5.41, 5.74) is 1.22. The van der Waals surface area contributed by atoms with Crippen LogP contribution in [0.5, 0.6) is 5.75 Å². The Morgan fingerprint density at radius 2 is 2.00 bits per heavy atom. The molecule has 1 aromatic carbocycles. The Morgan fingerprint density at radius 3 is 2.59 bits per heavy atom. The van der Waals surface area contributed by atoms with E-state index in [1.54, 1.807) is 11.3 Å². The SMILES string of the molecule is Cc1ccc(OCC(CO)c2cccs2)cc1. The van der Waals surface area contributed by atoms with Crippen LogP contribution in [0.2, 0.25) is 0 Å². The number of thiophene rings is 1. The zero-order valence-corrected chi connectivity index (χ0v) is 10.6. The van der Waals surface area contributed by atoms with E-state index in [4.69, 9.17) is 4.74 Å². The largest absolute Gasteiger partial charge is 0.493 e. The van der Waals surface area contributed by atoms with Gasteiger partial charge in [0.15, 0.2) is 0 Å². The molecule has 90 valence electrons. The molecule has 0 bridgehead atoms. The predicted molar refractivity (Wildman–Crippen MR) is 70.8 cm³/mol. The summed E-state index contributed by atoms with van der Waals surface area (Å²) in [5, 5.41) is 11.4. The Labute approximate surface area is 105 Å². The lowest BCUT2D eigenvalue weighted by molar-refractivity contribution is 0.207. The van der Waals surface area contributed by atoms with E-state index in [1.165, 1.54) is 10.4 Å². The average molecular weight is 248 g/mol. The molecule has 0 aliphatic heterocycles. The zero-order chi connectivity index (χ0) is 12.1. The molecule has 1 heterocycles. The first kappa shape index (κ1) is 12.1. The van der Waals surface area contributed by atoms with Gasteiger partial charge >= 0.3 is 0 Å². The lowest BCUT2D eigenvalue weighted by atomic mass is 10.1. The van der Waals surface area contributed by atoms with Gasteiger partial charge in [-0.1, -0.05) is 23.8 Å². The molecule has 2 aromatic rings. The minimum Gasteiger partial charge on any atom is -0.493 e.